The average molecular weight is 959 g/mol. The van der Waals surface area contributed by atoms with Crippen molar-refractivity contribution in [1.29, 1.82) is 0 Å². The van der Waals surface area contributed by atoms with E-state index in [-0.39, 0.29) is 11.9 Å². The molecule has 0 N–H and O–H groups in total. The molecule has 0 bridgehead atoms. The van der Waals surface area contributed by atoms with Gasteiger partial charge in [0.2, 0.25) is 0 Å². The van der Waals surface area contributed by atoms with E-state index >= 15 is 0 Å². The van der Waals surface area contributed by atoms with Crippen LogP contribution < -0.4 is 0 Å². The summed E-state index contributed by atoms with van der Waals surface area (Å²) in [6.07, 6.45) is 47.5. The van der Waals surface area contributed by atoms with Crippen molar-refractivity contribution in [3.63, 3.8) is 0 Å². The van der Waals surface area contributed by atoms with Crippen molar-refractivity contribution in [3.05, 3.63) is 25.3 Å². The molecule has 0 spiro atoms. The first-order valence-electron chi connectivity index (χ1n) is 23.9. The van der Waals surface area contributed by atoms with Gasteiger partial charge in [-0.15, -0.1) is 0 Å². The Hall–Kier alpha value is 0.240. The van der Waals surface area contributed by atoms with Gasteiger partial charge in [-0.1, -0.05) is 0 Å². The predicted octanol–water partition coefficient (Wildman–Crippen LogP) is 17.4. The second-order valence-electron chi connectivity index (χ2n) is 17.2. The number of hydrogen-bond donors (Lipinski definition) is 0. The fourth-order valence-electron chi connectivity index (χ4n) is 8.25. The van der Waals surface area contributed by atoms with E-state index in [9.17, 15) is 9.59 Å². The van der Waals surface area contributed by atoms with Crippen molar-refractivity contribution >= 4 is 53.5 Å². The van der Waals surface area contributed by atoms with Crippen LogP contribution in [-0.2, 0) is 19.1 Å². The molecule has 0 aromatic heterocycles. The van der Waals surface area contributed by atoms with Crippen LogP contribution in [0.4, 0.5) is 0 Å². The van der Waals surface area contributed by atoms with Crippen LogP contribution in [0.15, 0.2) is 25.3 Å². The van der Waals surface area contributed by atoms with Crippen molar-refractivity contribution in [1.82, 2.24) is 0 Å². The van der Waals surface area contributed by atoms with E-state index < -0.39 is 10.6 Å². The molecule has 0 saturated carbocycles. The maximum absolute atomic E-state index is 11.6. The molecule has 0 amide bonds. The van der Waals surface area contributed by atoms with Crippen LogP contribution in [-0.4, -0.2) is 74.4 Å². The van der Waals surface area contributed by atoms with Gasteiger partial charge < -0.3 is 0 Å². The SMILES string of the molecule is C=CC(=O)OCCCP(Br)(CCCC)(CCCC)CCCC.C=CC(=O)OCCCP(Br)(CCCCCCCC)(CCCCCCCC)CCCCCCCC. The topological polar surface area (TPSA) is 52.6 Å². The summed E-state index contributed by atoms with van der Waals surface area (Å²) in [5, 5.41) is -3.82. The number of esters is 2. The molecule has 0 fully saturated rings. The third-order valence-electron chi connectivity index (χ3n) is 12.0. The molecule has 8 heteroatoms. The van der Waals surface area contributed by atoms with Crippen molar-refractivity contribution in [2.45, 2.75) is 208 Å². The van der Waals surface area contributed by atoms with Gasteiger partial charge >= 0.3 is 369 Å². The zero-order chi connectivity index (χ0) is 42.3. The minimum atomic E-state index is -1.99. The van der Waals surface area contributed by atoms with E-state index in [0.717, 1.165) is 12.8 Å². The Labute approximate surface area is 366 Å². The van der Waals surface area contributed by atoms with E-state index in [1.165, 1.54) is 216 Å². The number of rotatable bonds is 40. The predicted molar refractivity (Wildman–Crippen MR) is 267 cm³/mol. The fraction of sp³-hybridized carbons (Fsp3) is 0.875. The summed E-state index contributed by atoms with van der Waals surface area (Å²) >= 11 is 8.95. The van der Waals surface area contributed by atoms with Gasteiger partial charge in [0.05, 0.1) is 0 Å². The molecule has 4 nitrogen and oxygen atoms in total. The van der Waals surface area contributed by atoms with Crippen LogP contribution in [0.2, 0.25) is 0 Å². The Morgan fingerprint density at radius 1 is 0.375 bits per heavy atom. The van der Waals surface area contributed by atoms with E-state index in [2.05, 4.69) is 85.7 Å². The monoisotopic (exact) mass is 957 g/mol. The Morgan fingerprint density at radius 2 is 0.589 bits per heavy atom. The molecule has 0 aliphatic heterocycles. The average Bonchev–Trinajstić information content (AvgIpc) is 3.20. The van der Waals surface area contributed by atoms with Gasteiger partial charge in [0, 0.05) is 0 Å². The first kappa shape index (κ1) is 58.3. The van der Waals surface area contributed by atoms with Gasteiger partial charge in [-0.3, -0.25) is 0 Å². The van der Waals surface area contributed by atoms with Crippen molar-refractivity contribution in [3.8, 4) is 0 Å². The summed E-state index contributed by atoms with van der Waals surface area (Å²) < 4.78 is 10.6. The molecule has 0 radical (unpaired) electrons. The number of carbonyl (C=O) groups is 2. The molecule has 336 valence electrons. The number of unbranched alkanes of at least 4 members (excludes halogenated alkanes) is 18. The molecule has 0 aromatic carbocycles. The van der Waals surface area contributed by atoms with Crippen LogP contribution in [0.3, 0.4) is 0 Å². The van der Waals surface area contributed by atoms with Crippen LogP contribution in [0.5, 0.6) is 0 Å². The summed E-state index contributed by atoms with van der Waals surface area (Å²) in [5.41, 5.74) is 0. The van der Waals surface area contributed by atoms with Crippen molar-refractivity contribution < 1.29 is 19.1 Å². The van der Waals surface area contributed by atoms with Crippen LogP contribution in [0.1, 0.15) is 208 Å². The molecule has 0 rings (SSSR count). The molecule has 0 aliphatic carbocycles. The summed E-state index contributed by atoms with van der Waals surface area (Å²) in [5.74, 6) is -0.580. The second kappa shape index (κ2) is 37.0. The summed E-state index contributed by atoms with van der Waals surface area (Å²) in [7, 11) is 0. The van der Waals surface area contributed by atoms with Gasteiger partial charge in [0.1, 0.15) is 0 Å². The van der Waals surface area contributed by atoms with E-state index in [1.54, 1.807) is 0 Å². The van der Waals surface area contributed by atoms with Crippen LogP contribution in [0, 0.1) is 0 Å². The Balaban J connectivity index is 0. The fourth-order valence-corrected chi connectivity index (χ4v) is 25.1. The van der Waals surface area contributed by atoms with Crippen molar-refractivity contribution in [2.75, 3.05) is 62.5 Å². The normalized spacial score (nSPS) is 13.1. The molecular formula is C48H96Br2O4P2. The van der Waals surface area contributed by atoms with Crippen LogP contribution >= 0.6 is 41.6 Å². The van der Waals surface area contributed by atoms with Gasteiger partial charge in [-0.25, -0.2) is 0 Å². The first-order chi connectivity index (χ1) is 26.9. The third kappa shape index (κ3) is 31.2. The number of hydrogen-bond acceptors (Lipinski definition) is 4. The number of carbonyl (C=O) groups excluding carboxylic acids is 2. The minimum absolute atomic E-state index is 0.280. The molecule has 0 aliphatic rings. The quantitative estimate of drug-likeness (QED) is 0.0266. The van der Waals surface area contributed by atoms with Crippen molar-refractivity contribution in [2.24, 2.45) is 0 Å². The Morgan fingerprint density at radius 3 is 0.839 bits per heavy atom. The standard InChI is InChI=1S/C30H60BrO2P.C18H36BrO2P/c1-5-9-12-15-18-21-26-34(31,27-22-19-16-13-10-6-2,28-23-20-17-14-11-7-3)29-24-25-33-30(32)8-4;1-5-9-14-22(19,15-10-6-2,16-11-7-3)17-12-13-21-18(20)8-4/h8H,4-7,9-29H2,1-3H3;8H,4-7,9-17H2,1-3H3. The molecule has 0 aromatic rings. The zero-order valence-corrected chi connectivity index (χ0v) is 43.3. The van der Waals surface area contributed by atoms with Gasteiger partial charge in [0.15, 0.2) is 0 Å². The zero-order valence-electron chi connectivity index (χ0n) is 38.3. The van der Waals surface area contributed by atoms with Gasteiger partial charge in [-0.2, -0.15) is 0 Å². The first-order valence-corrected chi connectivity index (χ1v) is 33.9. The maximum atomic E-state index is 11.6. The van der Waals surface area contributed by atoms with Gasteiger partial charge in [0.25, 0.3) is 0 Å². The molecule has 0 saturated heterocycles. The van der Waals surface area contributed by atoms with Crippen LogP contribution in [0.25, 0.3) is 0 Å². The molecule has 0 heterocycles. The third-order valence-corrected chi connectivity index (χ3v) is 32.0. The van der Waals surface area contributed by atoms with E-state index in [4.69, 9.17) is 9.47 Å². The van der Waals surface area contributed by atoms with E-state index in [1.807, 2.05) is 0 Å². The molecule has 56 heavy (non-hydrogen) atoms. The van der Waals surface area contributed by atoms with E-state index in [0.29, 0.717) is 13.2 Å². The second-order valence-corrected chi connectivity index (χ2v) is 40.1. The van der Waals surface area contributed by atoms with Gasteiger partial charge in [-0.05, 0) is 0 Å². The summed E-state index contributed by atoms with van der Waals surface area (Å²) in [6.45, 7) is 21.8. The molecule has 0 unspecified atom stereocenters. The summed E-state index contributed by atoms with van der Waals surface area (Å²) in [4.78, 5) is 22.8. The molecular weight excluding hydrogens is 862 g/mol. The number of ether oxygens (including phenoxy) is 2. The number of halogens is 2. The summed E-state index contributed by atoms with van der Waals surface area (Å²) in [6, 6.07) is 0. The molecule has 0 atom stereocenters. The Kier molecular flexibility index (Phi) is 38.6. The Bertz CT molecular complexity index is 907.